The van der Waals surface area contributed by atoms with Crippen molar-refractivity contribution in [1.29, 1.82) is 0 Å². The summed E-state index contributed by atoms with van der Waals surface area (Å²) in [6, 6.07) is 19.4. The second-order valence-electron chi connectivity index (χ2n) is 8.88. The van der Waals surface area contributed by atoms with Crippen molar-refractivity contribution in [1.82, 2.24) is 0 Å². The molecule has 1 N–H and O–H groups in total. The second kappa shape index (κ2) is 9.53. The molecule has 0 spiro atoms. The standard InChI is InChI=1S/C27H23Cl2NO4/c1-27(2,3)17-10-8-16(9-11-17)25-26(24(32)19-6-4-5-7-22(19)34-25)33-15-23(31)30-18-12-13-20(28)21(29)14-18/h4-14H,15H2,1-3H3,(H,30,31). The summed E-state index contributed by atoms with van der Waals surface area (Å²) >= 11 is 11.9. The van der Waals surface area contributed by atoms with Gasteiger partial charge in [-0.25, -0.2) is 0 Å². The third-order valence-corrected chi connectivity index (χ3v) is 6.06. The van der Waals surface area contributed by atoms with E-state index in [1.165, 1.54) is 6.07 Å². The molecule has 34 heavy (non-hydrogen) atoms. The van der Waals surface area contributed by atoms with Crippen LogP contribution in [0.5, 0.6) is 5.75 Å². The zero-order chi connectivity index (χ0) is 24.5. The van der Waals surface area contributed by atoms with Crippen LogP contribution in [0.25, 0.3) is 22.3 Å². The summed E-state index contributed by atoms with van der Waals surface area (Å²) in [5.74, 6) is -0.210. The number of carbonyl (C=O) groups is 1. The first-order valence-corrected chi connectivity index (χ1v) is 11.4. The molecule has 5 nitrogen and oxygen atoms in total. The molecule has 0 saturated heterocycles. The first kappa shape index (κ1) is 23.9. The molecular weight excluding hydrogens is 473 g/mol. The number of hydrogen-bond donors (Lipinski definition) is 1. The van der Waals surface area contributed by atoms with Crippen LogP contribution in [0.4, 0.5) is 5.69 Å². The topological polar surface area (TPSA) is 68.5 Å². The van der Waals surface area contributed by atoms with Gasteiger partial charge in [-0.1, -0.05) is 80.4 Å². The molecule has 3 aromatic carbocycles. The fourth-order valence-electron chi connectivity index (χ4n) is 3.48. The highest BCUT2D eigenvalue weighted by Gasteiger charge is 2.20. The van der Waals surface area contributed by atoms with E-state index in [9.17, 15) is 9.59 Å². The molecule has 0 bridgehead atoms. The fourth-order valence-corrected chi connectivity index (χ4v) is 3.77. The summed E-state index contributed by atoms with van der Waals surface area (Å²) < 4.78 is 11.8. The molecule has 0 radical (unpaired) electrons. The van der Waals surface area contributed by atoms with E-state index < -0.39 is 12.5 Å². The highest BCUT2D eigenvalue weighted by atomic mass is 35.5. The first-order valence-electron chi connectivity index (χ1n) is 10.7. The zero-order valence-electron chi connectivity index (χ0n) is 18.9. The lowest BCUT2D eigenvalue weighted by Crippen LogP contribution is -2.22. The largest absolute Gasteiger partial charge is 0.476 e. The number of carbonyl (C=O) groups excluding carboxylic acids is 1. The van der Waals surface area contributed by atoms with Crippen LogP contribution in [0, 0.1) is 0 Å². The van der Waals surface area contributed by atoms with Gasteiger partial charge in [0.1, 0.15) is 5.58 Å². The summed E-state index contributed by atoms with van der Waals surface area (Å²) in [5, 5.41) is 3.75. The van der Waals surface area contributed by atoms with Crippen LogP contribution in [0.15, 0.2) is 75.9 Å². The predicted octanol–water partition coefficient (Wildman–Crippen LogP) is 7.08. The van der Waals surface area contributed by atoms with Crippen LogP contribution in [0.2, 0.25) is 10.0 Å². The molecule has 0 unspecified atom stereocenters. The van der Waals surface area contributed by atoms with Crippen LogP contribution in [-0.4, -0.2) is 12.5 Å². The van der Waals surface area contributed by atoms with Crippen molar-refractivity contribution in [3.05, 3.63) is 92.6 Å². The Kier molecular flexibility index (Phi) is 6.69. The molecule has 0 aliphatic rings. The van der Waals surface area contributed by atoms with Crippen LogP contribution in [0.3, 0.4) is 0 Å². The van der Waals surface area contributed by atoms with Crippen LogP contribution in [-0.2, 0) is 10.2 Å². The highest BCUT2D eigenvalue weighted by molar-refractivity contribution is 6.42. The summed E-state index contributed by atoms with van der Waals surface area (Å²) in [4.78, 5) is 25.8. The average Bonchev–Trinajstić information content (AvgIpc) is 2.80. The SMILES string of the molecule is CC(C)(C)c1ccc(-c2oc3ccccc3c(=O)c2OCC(=O)Nc2ccc(Cl)c(Cl)c2)cc1. The van der Waals surface area contributed by atoms with Gasteiger partial charge in [0.25, 0.3) is 5.91 Å². The van der Waals surface area contributed by atoms with Crippen molar-refractivity contribution >= 4 is 45.8 Å². The number of benzene rings is 3. The maximum atomic E-state index is 13.3. The van der Waals surface area contributed by atoms with Gasteiger partial charge in [-0.2, -0.15) is 0 Å². The number of halogens is 2. The number of para-hydroxylation sites is 1. The number of amides is 1. The lowest BCUT2D eigenvalue weighted by Gasteiger charge is -2.19. The molecular formula is C27H23Cl2NO4. The minimum atomic E-state index is -0.458. The summed E-state index contributed by atoms with van der Waals surface area (Å²) in [6.45, 7) is 5.98. The summed E-state index contributed by atoms with van der Waals surface area (Å²) in [6.07, 6.45) is 0. The molecule has 1 amide bonds. The molecule has 174 valence electrons. The summed E-state index contributed by atoms with van der Waals surface area (Å²) in [5.41, 5.74) is 2.35. The molecule has 1 heterocycles. The minimum Gasteiger partial charge on any atom is -0.476 e. The van der Waals surface area contributed by atoms with Crippen molar-refractivity contribution in [2.75, 3.05) is 11.9 Å². The molecule has 7 heteroatoms. The van der Waals surface area contributed by atoms with Gasteiger partial charge in [0, 0.05) is 11.3 Å². The number of ether oxygens (including phenoxy) is 1. The van der Waals surface area contributed by atoms with E-state index in [0.29, 0.717) is 32.3 Å². The molecule has 0 aliphatic heterocycles. The number of rotatable bonds is 5. The van der Waals surface area contributed by atoms with Crippen molar-refractivity contribution in [2.45, 2.75) is 26.2 Å². The van der Waals surface area contributed by atoms with Crippen molar-refractivity contribution in [3.8, 4) is 17.1 Å². The van der Waals surface area contributed by atoms with Gasteiger partial charge < -0.3 is 14.5 Å². The normalized spacial score (nSPS) is 11.4. The monoisotopic (exact) mass is 495 g/mol. The Balaban J connectivity index is 1.66. The predicted molar refractivity (Wildman–Crippen MR) is 137 cm³/mol. The number of nitrogens with one attached hydrogen (secondary N) is 1. The fraction of sp³-hybridized carbons (Fsp3) is 0.185. The van der Waals surface area contributed by atoms with Gasteiger partial charge in [-0.05, 0) is 41.3 Å². The lowest BCUT2D eigenvalue weighted by atomic mass is 9.86. The van der Waals surface area contributed by atoms with Crippen LogP contribution in [0.1, 0.15) is 26.3 Å². The van der Waals surface area contributed by atoms with Gasteiger partial charge in [-0.15, -0.1) is 0 Å². The maximum Gasteiger partial charge on any atom is 0.262 e. The van der Waals surface area contributed by atoms with E-state index in [4.69, 9.17) is 32.4 Å². The summed E-state index contributed by atoms with van der Waals surface area (Å²) in [7, 11) is 0. The maximum absolute atomic E-state index is 13.3. The van der Waals surface area contributed by atoms with E-state index in [-0.39, 0.29) is 22.4 Å². The Morgan fingerprint density at radius 1 is 0.971 bits per heavy atom. The smallest absolute Gasteiger partial charge is 0.262 e. The molecule has 1 aromatic heterocycles. The number of fused-ring (bicyclic) bond motifs is 1. The molecule has 0 atom stereocenters. The molecule has 0 fully saturated rings. The molecule has 4 rings (SSSR count). The lowest BCUT2D eigenvalue weighted by molar-refractivity contribution is -0.118. The third kappa shape index (κ3) is 5.11. The Morgan fingerprint density at radius 3 is 2.35 bits per heavy atom. The minimum absolute atomic E-state index is 0.0218. The van der Waals surface area contributed by atoms with Crippen LogP contribution < -0.4 is 15.5 Å². The Hall–Kier alpha value is -3.28. The Bertz CT molecular complexity index is 1420. The quantitative estimate of drug-likeness (QED) is 0.321. The van der Waals surface area contributed by atoms with E-state index in [1.54, 1.807) is 36.4 Å². The van der Waals surface area contributed by atoms with Crippen molar-refractivity contribution in [3.63, 3.8) is 0 Å². The average molecular weight is 496 g/mol. The molecule has 0 saturated carbocycles. The third-order valence-electron chi connectivity index (χ3n) is 5.32. The van der Waals surface area contributed by atoms with Crippen molar-refractivity contribution < 1.29 is 13.9 Å². The molecule has 0 aliphatic carbocycles. The van der Waals surface area contributed by atoms with Gasteiger partial charge in [0.15, 0.2) is 12.4 Å². The van der Waals surface area contributed by atoms with Gasteiger partial charge >= 0.3 is 0 Å². The highest BCUT2D eigenvalue weighted by Crippen LogP contribution is 2.33. The van der Waals surface area contributed by atoms with E-state index in [0.717, 1.165) is 5.56 Å². The van der Waals surface area contributed by atoms with E-state index in [1.807, 2.05) is 24.3 Å². The number of anilines is 1. The van der Waals surface area contributed by atoms with Gasteiger partial charge in [-0.3, -0.25) is 9.59 Å². The van der Waals surface area contributed by atoms with E-state index >= 15 is 0 Å². The second-order valence-corrected chi connectivity index (χ2v) is 9.69. The Labute approximate surface area is 207 Å². The number of hydrogen-bond acceptors (Lipinski definition) is 4. The van der Waals surface area contributed by atoms with E-state index in [2.05, 4.69) is 26.1 Å². The zero-order valence-corrected chi connectivity index (χ0v) is 20.5. The van der Waals surface area contributed by atoms with Gasteiger partial charge in [0.05, 0.1) is 15.4 Å². The Morgan fingerprint density at radius 2 is 1.68 bits per heavy atom. The van der Waals surface area contributed by atoms with Gasteiger partial charge in [0.2, 0.25) is 11.2 Å². The van der Waals surface area contributed by atoms with Crippen molar-refractivity contribution in [2.24, 2.45) is 0 Å². The van der Waals surface area contributed by atoms with Crippen LogP contribution >= 0.6 is 23.2 Å². The molecule has 4 aromatic rings. The first-order chi connectivity index (χ1) is 16.1.